The molecule has 0 amide bonds. The predicted molar refractivity (Wildman–Crippen MR) is 38.5 cm³/mol. The van der Waals surface area contributed by atoms with E-state index < -0.39 is 6.17 Å². The van der Waals surface area contributed by atoms with E-state index in [1.54, 1.807) is 0 Å². The summed E-state index contributed by atoms with van der Waals surface area (Å²) in [5.41, 5.74) is 0. The molecule has 0 saturated heterocycles. The topological polar surface area (TPSA) is 20.2 Å². The fourth-order valence-electron chi connectivity index (χ4n) is 1.68. The Hall–Kier alpha value is -0.110. The van der Waals surface area contributed by atoms with E-state index in [1.807, 2.05) is 13.8 Å². The third-order valence-electron chi connectivity index (χ3n) is 2.36. The molecule has 2 heteroatoms. The molecule has 1 aliphatic rings. The SMILES string of the molecule is CC(C)[C@@H]1CC(O)C[C@@H]1F. The van der Waals surface area contributed by atoms with Gasteiger partial charge in [-0.2, -0.15) is 0 Å². The lowest BCUT2D eigenvalue weighted by atomic mass is 9.93. The van der Waals surface area contributed by atoms with Gasteiger partial charge in [-0.1, -0.05) is 13.8 Å². The number of halogens is 1. The van der Waals surface area contributed by atoms with Crippen molar-refractivity contribution in [1.29, 1.82) is 0 Å². The van der Waals surface area contributed by atoms with Crippen LogP contribution in [0.15, 0.2) is 0 Å². The van der Waals surface area contributed by atoms with Gasteiger partial charge in [0.25, 0.3) is 0 Å². The number of aliphatic hydroxyl groups excluding tert-OH is 1. The van der Waals surface area contributed by atoms with Crippen molar-refractivity contribution in [2.24, 2.45) is 11.8 Å². The van der Waals surface area contributed by atoms with Crippen LogP contribution >= 0.6 is 0 Å². The molecule has 60 valence electrons. The zero-order valence-corrected chi connectivity index (χ0v) is 6.55. The highest BCUT2D eigenvalue weighted by atomic mass is 19.1. The molecule has 3 atom stereocenters. The van der Waals surface area contributed by atoms with Gasteiger partial charge in [0.15, 0.2) is 0 Å². The summed E-state index contributed by atoms with van der Waals surface area (Å²) >= 11 is 0. The van der Waals surface area contributed by atoms with Crippen LogP contribution in [0.25, 0.3) is 0 Å². The van der Waals surface area contributed by atoms with Crippen LogP contribution in [0.3, 0.4) is 0 Å². The molecule has 0 heterocycles. The summed E-state index contributed by atoms with van der Waals surface area (Å²) in [4.78, 5) is 0. The Balaban J connectivity index is 2.46. The van der Waals surface area contributed by atoms with Crippen LogP contribution in [-0.2, 0) is 0 Å². The number of rotatable bonds is 1. The molecule has 1 unspecified atom stereocenters. The van der Waals surface area contributed by atoms with Crippen LogP contribution in [0, 0.1) is 11.8 Å². The van der Waals surface area contributed by atoms with E-state index >= 15 is 0 Å². The summed E-state index contributed by atoms with van der Waals surface area (Å²) in [5, 5.41) is 9.08. The van der Waals surface area contributed by atoms with Gasteiger partial charge in [0.2, 0.25) is 0 Å². The Kier molecular flexibility index (Phi) is 2.29. The Morgan fingerprint density at radius 3 is 2.20 bits per heavy atom. The molecule has 0 spiro atoms. The van der Waals surface area contributed by atoms with E-state index in [-0.39, 0.29) is 12.0 Å². The summed E-state index contributed by atoms with van der Waals surface area (Å²) in [5.74, 6) is 0.460. The van der Waals surface area contributed by atoms with Crippen LogP contribution in [0.4, 0.5) is 4.39 Å². The largest absolute Gasteiger partial charge is 0.393 e. The first-order chi connectivity index (χ1) is 4.61. The number of alkyl halides is 1. The van der Waals surface area contributed by atoms with Gasteiger partial charge in [0.1, 0.15) is 6.17 Å². The van der Waals surface area contributed by atoms with Crippen molar-refractivity contribution >= 4 is 0 Å². The Morgan fingerprint density at radius 2 is 2.00 bits per heavy atom. The molecular weight excluding hydrogens is 131 g/mol. The zero-order valence-electron chi connectivity index (χ0n) is 6.55. The maximum atomic E-state index is 12.9. The number of hydrogen-bond donors (Lipinski definition) is 1. The maximum Gasteiger partial charge on any atom is 0.106 e. The quantitative estimate of drug-likeness (QED) is 0.597. The minimum absolute atomic E-state index is 0.0926. The molecule has 0 radical (unpaired) electrons. The van der Waals surface area contributed by atoms with Gasteiger partial charge in [-0.05, 0) is 18.3 Å². The summed E-state index contributed by atoms with van der Waals surface area (Å²) in [6.07, 6.45) is -0.154. The average Bonchev–Trinajstić information content (AvgIpc) is 2.10. The van der Waals surface area contributed by atoms with Crippen LogP contribution in [0.5, 0.6) is 0 Å². The highest BCUT2D eigenvalue weighted by Gasteiger charge is 2.34. The molecule has 1 saturated carbocycles. The molecule has 1 rings (SSSR count). The highest BCUT2D eigenvalue weighted by Crippen LogP contribution is 2.33. The summed E-state index contributed by atoms with van der Waals surface area (Å²) in [6.45, 7) is 4.02. The van der Waals surface area contributed by atoms with E-state index in [1.165, 1.54) is 0 Å². The van der Waals surface area contributed by atoms with Gasteiger partial charge >= 0.3 is 0 Å². The maximum absolute atomic E-state index is 12.9. The molecule has 1 nitrogen and oxygen atoms in total. The lowest BCUT2D eigenvalue weighted by molar-refractivity contribution is 0.170. The first-order valence-electron chi connectivity index (χ1n) is 3.93. The van der Waals surface area contributed by atoms with Gasteiger partial charge < -0.3 is 5.11 Å². The lowest BCUT2D eigenvalue weighted by Crippen LogP contribution is -2.14. The molecule has 10 heavy (non-hydrogen) atoms. The van der Waals surface area contributed by atoms with Gasteiger partial charge in [-0.25, -0.2) is 4.39 Å². The molecule has 1 fully saturated rings. The summed E-state index contributed by atoms with van der Waals surface area (Å²) in [6, 6.07) is 0. The molecule has 0 aromatic heterocycles. The van der Waals surface area contributed by atoms with Crippen LogP contribution < -0.4 is 0 Å². The number of aliphatic hydroxyl groups is 1. The van der Waals surface area contributed by atoms with E-state index in [2.05, 4.69) is 0 Å². The Bertz CT molecular complexity index is 114. The minimum Gasteiger partial charge on any atom is -0.393 e. The van der Waals surface area contributed by atoms with Crippen LogP contribution in [-0.4, -0.2) is 17.4 Å². The second kappa shape index (κ2) is 2.87. The van der Waals surface area contributed by atoms with Crippen molar-refractivity contribution in [2.45, 2.75) is 39.0 Å². The second-order valence-electron chi connectivity index (χ2n) is 3.55. The smallest absolute Gasteiger partial charge is 0.106 e. The van der Waals surface area contributed by atoms with Crippen molar-refractivity contribution in [1.82, 2.24) is 0 Å². The van der Waals surface area contributed by atoms with E-state index in [0.717, 1.165) is 0 Å². The second-order valence-corrected chi connectivity index (χ2v) is 3.55. The molecule has 0 aliphatic heterocycles. The fourth-order valence-corrected chi connectivity index (χ4v) is 1.68. The van der Waals surface area contributed by atoms with Crippen molar-refractivity contribution < 1.29 is 9.50 Å². The predicted octanol–water partition coefficient (Wildman–Crippen LogP) is 1.75. The van der Waals surface area contributed by atoms with Crippen molar-refractivity contribution in [3.63, 3.8) is 0 Å². The molecule has 1 aliphatic carbocycles. The standard InChI is InChI=1S/C8H15FO/c1-5(2)7-3-6(10)4-8(7)9/h5-8,10H,3-4H2,1-2H3/t6?,7-,8-/m0/s1. The summed E-state index contributed by atoms with van der Waals surface area (Å²) < 4.78 is 12.9. The van der Waals surface area contributed by atoms with Gasteiger partial charge in [-0.15, -0.1) is 0 Å². The van der Waals surface area contributed by atoms with Crippen LogP contribution in [0.1, 0.15) is 26.7 Å². The van der Waals surface area contributed by atoms with E-state index in [9.17, 15) is 4.39 Å². The van der Waals surface area contributed by atoms with Crippen LogP contribution in [0.2, 0.25) is 0 Å². The molecule has 0 bridgehead atoms. The van der Waals surface area contributed by atoms with E-state index in [0.29, 0.717) is 18.8 Å². The summed E-state index contributed by atoms with van der Waals surface area (Å²) in [7, 11) is 0. The fraction of sp³-hybridized carbons (Fsp3) is 1.00. The normalized spacial score (nSPS) is 41.1. The monoisotopic (exact) mass is 146 g/mol. The Morgan fingerprint density at radius 1 is 1.40 bits per heavy atom. The molecule has 0 aromatic rings. The zero-order chi connectivity index (χ0) is 7.72. The van der Waals surface area contributed by atoms with Crippen molar-refractivity contribution in [2.75, 3.05) is 0 Å². The average molecular weight is 146 g/mol. The molecular formula is C8H15FO. The van der Waals surface area contributed by atoms with Crippen molar-refractivity contribution in [3.05, 3.63) is 0 Å². The third kappa shape index (κ3) is 1.48. The van der Waals surface area contributed by atoms with Gasteiger partial charge in [-0.3, -0.25) is 0 Å². The number of hydrogen-bond acceptors (Lipinski definition) is 1. The third-order valence-corrected chi connectivity index (χ3v) is 2.36. The molecule has 1 N–H and O–H groups in total. The first-order valence-corrected chi connectivity index (χ1v) is 3.93. The van der Waals surface area contributed by atoms with Crippen molar-refractivity contribution in [3.8, 4) is 0 Å². The molecule has 0 aromatic carbocycles. The van der Waals surface area contributed by atoms with Gasteiger partial charge in [0, 0.05) is 6.42 Å². The Labute approximate surface area is 61.2 Å². The van der Waals surface area contributed by atoms with E-state index in [4.69, 9.17) is 5.11 Å². The highest BCUT2D eigenvalue weighted by molar-refractivity contribution is 4.84. The lowest BCUT2D eigenvalue weighted by Gasteiger charge is -2.15. The minimum atomic E-state index is -0.769. The first kappa shape index (κ1) is 7.99. The van der Waals surface area contributed by atoms with Gasteiger partial charge in [0.05, 0.1) is 6.10 Å².